The van der Waals surface area contributed by atoms with E-state index in [4.69, 9.17) is 0 Å². The molecule has 0 radical (unpaired) electrons. The van der Waals surface area contributed by atoms with E-state index in [0.717, 1.165) is 31.8 Å². The third-order valence-corrected chi connectivity index (χ3v) is 3.15. The molecule has 84 valence electrons. The summed E-state index contributed by atoms with van der Waals surface area (Å²) in [6.07, 6.45) is 8.58. The smallest absolute Gasteiger partial charge is 0.0543 e. The lowest BCUT2D eigenvalue weighted by Crippen LogP contribution is -2.22. The van der Waals surface area contributed by atoms with Crippen molar-refractivity contribution in [2.24, 2.45) is 5.92 Å². The van der Waals surface area contributed by atoms with Crippen molar-refractivity contribution < 1.29 is 5.11 Å². The summed E-state index contributed by atoms with van der Waals surface area (Å²) in [5, 5.41) is 12.8. The first-order valence-corrected chi connectivity index (χ1v) is 6.21. The summed E-state index contributed by atoms with van der Waals surface area (Å²) in [4.78, 5) is 0. The molecular weight excluding hydrogens is 174 g/mol. The summed E-state index contributed by atoms with van der Waals surface area (Å²) in [7, 11) is 0. The Labute approximate surface area is 88.1 Å². The predicted molar refractivity (Wildman–Crippen MR) is 60.4 cm³/mol. The van der Waals surface area contributed by atoms with Crippen LogP contribution in [0.5, 0.6) is 0 Å². The lowest BCUT2D eigenvalue weighted by Gasteiger charge is -2.10. The largest absolute Gasteiger partial charge is 0.393 e. The highest BCUT2D eigenvalue weighted by Crippen LogP contribution is 2.24. The van der Waals surface area contributed by atoms with E-state index in [1.54, 1.807) is 0 Å². The second kappa shape index (κ2) is 7.24. The van der Waals surface area contributed by atoms with Crippen LogP contribution in [0, 0.1) is 5.92 Å². The number of aliphatic hydroxyl groups excluding tert-OH is 1. The van der Waals surface area contributed by atoms with Gasteiger partial charge in [-0.3, -0.25) is 0 Å². The van der Waals surface area contributed by atoms with Crippen LogP contribution >= 0.6 is 0 Å². The number of nitrogens with one attached hydrogen (secondary N) is 1. The van der Waals surface area contributed by atoms with Crippen LogP contribution in [0.1, 0.15) is 51.9 Å². The van der Waals surface area contributed by atoms with Gasteiger partial charge >= 0.3 is 0 Å². The monoisotopic (exact) mass is 199 g/mol. The zero-order valence-electron chi connectivity index (χ0n) is 9.47. The van der Waals surface area contributed by atoms with Gasteiger partial charge in [0, 0.05) is 0 Å². The van der Waals surface area contributed by atoms with Crippen molar-refractivity contribution in [1.82, 2.24) is 5.32 Å². The van der Waals surface area contributed by atoms with Crippen LogP contribution in [-0.4, -0.2) is 24.3 Å². The fourth-order valence-corrected chi connectivity index (χ4v) is 2.22. The standard InChI is InChI=1S/C12H25NO/c1-2-3-4-5-8-13-10-11-6-7-12(14)9-11/h11-14H,2-10H2,1H3. The highest BCUT2D eigenvalue weighted by atomic mass is 16.3. The van der Waals surface area contributed by atoms with Crippen LogP contribution in [0.15, 0.2) is 0 Å². The molecule has 2 atom stereocenters. The van der Waals surface area contributed by atoms with Crippen LogP contribution in [0.3, 0.4) is 0 Å². The Morgan fingerprint density at radius 3 is 2.71 bits per heavy atom. The van der Waals surface area contributed by atoms with Crippen molar-refractivity contribution >= 4 is 0 Å². The van der Waals surface area contributed by atoms with Crippen LogP contribution in [0.2, 0.25) is 0 Å². The first kappa shape index (κ1) is 12.0. The minimum Gasteiger partial charge on any atom is -0.393 e. The van der Waals surface area contributed by atoms with Crippen LogP contribution in [0.4, 0.5) is 0 Å². The fourth-order valence-electron chi connectivity index (χ4n) is 2.22. The van der Waals surface area contributed by atoms with E-state index in [2.05, 4.69) is 12.2 Å². The summed E-state index contributed by atoms with van der Waals surface area (Å²) < 4.78 is 0. The third kappa shape index (κ3) is 4.97. The third-order valence-electron chi connectivity index (χ3n) is 3.15. The van der Waals surface area contributed by atoms with E-state index >= 15 is 0 Å². The highest BCUT2D eigenvalue weighted by molar-refractivity contribution is 4.75. The number of unbranched alkanes of at least 4 members (excludes halogenated alkanes) is 3. The van der Waals surface area contributed by atoms with Gasteiger partial charge in [0.15, 0.2) is 0 Å². The van der Waals surface area contributed by atoms with Gasteiger partial charge in [-0.1, -0.05) is 26.2 Å². The summed E-state index contributed by atoms with van der Waals surface area (Å²) in [6, 6.07) is 0. The minimum atomic E-state index is -0.0121. The van der Waals surface area contributed by atoms with Crippen LogP contribution in [-0.2, 0) is 0 Å². The van der Waals surface area contributed by atoms with E-state index < -0.39 is 0 Å². The van der Waals surface area contributed by atoms with Crippen molar-refractivity contribution in [2.45, 2.75) is 58.0 Å². The Bertz CT molecular complexity index is 138. The van der Waals surface area contributed by atoms with E-state index in [-0.39, 0.29) is 6.10 Å². The summed E-state index contributed by atoms with van der Waals surface area (Å²) in [5.74, 6) is 0.733. The Hall–Kier alpha value is -0.0800. The molecule has 1 rings (SSSR count). The first-order valence-electron chi connectivity index (χ1n) is 6.21. The second-order valence-electron chi connectivity index (χ2n) is 4.60. The van der Waals surface area contributed by atoms with E-state index in [1.807, 2.05) is 0 Å². The molecule has 0 heterocycles. The van der Waals surface area contributed by atoms with Gasteiger partial charge in [-0.05, 0) is 44.7 Å². The molecule has 0 saturated heterocycles. The van der Waals surface area contributed by atoms with Crippen molar-refractivity contribution in [2.75, 3.05) is 13.1 Å². The Morgan fingerprint density at radius 1 is 1.21 bits per heavy atom. The molecule has 1 saturated carbocycles. The average molecular weight is 199 g/mol. The number of rotatable bonds is 7. The zero-order chi connectivity index (χ0) is 10.2. The molecule has 1 aliphatic carbocycles. The molecule has 14 heavy (non-hydrogen) atoms. The van der Waals surface area contributed by atoms with Gasteiger partial charge in [-0.25, -0.2) is 0 Å². The number of aliphatic hydroxyl groups is 1. The fraction of sp³-hybridized carbons (Fsp3) is 1.00. The molecule has 0 spiro atoms. The number of hydrogen-bond acceptors (Lipinski definition) is 2. The first-order chi connectivity index (χ1) is 6.83. The maximum Gasteiger partial charge on any atom is 0.0543 e. The van der Waals surface area contributed by atoms with Gasteiger partial charge in [0.1, 0.15) is 0 Å². The van der Waals surface area contributed by atoms with E-state index in [9.17, 15) is 5.11 Å². The Kier molecular flexibility index (Phi) is 6.20. The van der Waals surface area contributed by atoms with E-state index in [0.29, 0.717) is 0 Å². The summed E-state index contributed by atoms with van der Waals surface area (Å²) in [6.45, 7) is 4.52. The van der Waals surface area contributed by atoms with Gasteiger partial charge in [-0.2, -0.15) is 0 Å². The SMILES string of the molecule is CCCCCCNCC1CCC(O)C1. The minimum absolute atomic E-state index is 0.0121. The van der Waals surface area contributed by atoms with Gasteiger partial charge < -0.3 is 10.4 Å². The lowest BCUT2D eigenvalue weighted by molar-refractivity contribution is 0.177. The van der Waals surface area contributed by atoms with Crippen molar-refractivity contribution in [3.63, 3.8) is 0 Å². The quantitative estimate of drug-likeness (QED) is 0.617. The van der Waals surface area contributed by atoms with Crippen LogP contribution in [0.25, 0.3) is 0 Å². The van der Waals surface area contributed by atoms with E-state index in [1.165, 1.54) is 32.1 Å². The summed E-state index contributed by atoms with van der Waals surface area (Å²) >= 11 is 0. The molecule has 2 unspecified atom stereocenters. The van der Waals surface area contributed by atoms with Gasteiger partial charge in [0.25, 0.3) is 0 Å². The van der Waals surface area contributed by atoms with Gasteiger partial charge in [0.05, 0.1) is 6.10 Å². The lowest BCUT2D eigenvalue weighted by atomic mass is 10.1. The van der Waals surface area contributed by atoms with Crippen molar-refractivity contribution in [1.29, 1.82) is 0 Å². The zero-order valence-corrected chi connectivity index (χ0v) is 9.47. The van der Waals surface area contributed by atoms with Crippen LogP contribution < -0.4 is 5.32 Å². The predicted octanol–water partition coefficient (Wildman–Crippen LogP) is 2.32. The molecule has 0 aliphatic heterocycles. The maximum atomic E-state index is 9.34. The molecule has 2 N–H and O–H groups in total. The Morgan fingerprint density at radius 2 is 2.07 bits per heavy atom. The second-order valence-corrected chi connectivity index (χ2v) is 4.60. The molecule has 1 fully saturated rings. The Balaban J connectivity index is 1.84. The molecule has 0 amide bonds. The molecule has 0 aromatic rings. The van der Waals surface area contributed by atoms with Crippen molar-refractivity contribution in [3.05, 3.63) is 0 Å². The molecule has 0 aromatic heterocycles. The summed E-state index contributed by atoms with van der Waals surface area (Å²) in [5.41, 5.74) is 0. The van der Waals surface area contributed by atoms with Gasteiger partial charge in [0.2, 0.25) is 0 Å². The van der Waals surface area contributed by atoms with Crippen molar-refractivity contribution in [3.8, 4) is 0 Å². The highest BCUT2D eigenvalue weighted by Gasteiger charge is 2.21. The molecule has 1 aliphatic rings. The number of hydrogen-bond donors (Lipinski definition) is 2. The molecular formula is C12H25NO. The molecule has 0 aromatic carbocycles. The molecule has 2 heteroatoms. The topological polar surface area (TPSA) is 32.3 Å². The molecule has 2 nitrogen and oxygen atoms in total. The molecule has 0 bridgehead atoms. The van der Waals surface area contributed by atoms with Gasteiger partial charge in [-0.15, -0.1) is 0 Å². The normalized spacial score (nSPS) is 27.0. The average Bonchev–Trinajstić information content (AvgIpc) is 2.58. The maximum absolute atomic E-state index is 9.34.